The van der Waals surface area contributed by atoms with Crippen LogP contribution in [-0.4, -0.2) is 96.1 Å². The minimum absolute atomic E-state index is 0.0689. The quantitative estimate of drug-likeness (QED) is 0.0643. The number of amides is 4. The Balaban J connectivity index is 0.000000192. The normalized spacial score (nSPS) is 14.7. The summed E-state index contributed by atoms with van der Waals surface area (Å²) in [5.41, 5.74) is 6.72. The van der Waals surface area contributed by atoms with Crippen LogP contribution >= 0.6 is 0 Å². The fourth-order valence-corrected chi connectivity index (χ4v) is 9.37. The standard InChI is InChI=1S/C30H28N6O4.C29H32N6O4/c1-4-24(37)12-21-9-5-6-10-27(21)33-29-32-17-22-19-35(23-13-25(39-2)15-26(14-23)40-3)30(38)36(28(22)34-29)18-20-8-7-11-31-16-20;1-4-23(36)12-19-8-5-6-10-26(19)32-28-31-16-20-18-34(22-13-24(38-2)15-25(14-22)39-3)29(37)35(27(20)33-28)21-9-7-11-30-17-21/h4-11,13-17H,1,12,18-19H2,2-3H3,(H,32,33,34);4-6,8,10,13-16,21,30H,1,7,9,11-12,17-18H2,2-3H3,(H,31,32,33). The Morgan fingerprint density at radius 3 is 1.65 bits per heavy atom. The fourth-order valence-electron chi connectivity index (χ4n) is 9.37. The maximum absolute atomic E-state index is 14.1. The van der Waals surface area contributed by atoms with Crippen LogP contribution in [0.5, 0.6) is 23.0 Å². The third-order valence-electron chi connectivity index (χ3n) is 13.4. The van der Waals surface area contributed by atoms with Gasteiger partial charge in [0.2, 0.25) is 11.9 Å². The first-order valence-corrected chi connectivity index (χ1v) is 25.5. The number of ketones is 2. The van der Waals surface area contributed by atoms with Gasteiger partial charge in [-0.1, -0.05) is 55.6 Å². The van der Waals surface area contributed by atoms with E-state index in [9.17, 15) is 19.2 Å². The molecule has 79 heavy (non-hydrogen) atoms. The van der Waals surface area contributed by atoms with Crippen molar-refractivity contribution in [1.82, 2.24) is 30.2 Å². The highest BCUT2D eigenvalue weighted by molar-refractivity contribution is 6.07. The second-order valence-corrected chi connectivity index (χ2v) is 18.5. The van der Waals surface area contributed by atoms with Crippen molar-refractivity contribution in [3.05, 3.63) is 175 Å². The lowest BCUT2D eigenvalue weighted by atomic mass is 10.0. The number of piperidine rings is 1. The highest BCUT2D eigenvalue weighted by atomic mass is 16.5. The third-order valence-corrected chi connectivity index (χ3v) is 13.4. The van der Waals surface area contributed by atoms with Gasteiger partial charge in [-0.3, -0.25) is 34.2 Å². The number of urea groups is 2. The number of hydrogen-bond donors (Lipinski definition) is 3. The number of carbonyl (C=O) groups excluding carboxylic acids is 4. The summed E-state index contributed by atoms with van der Waals surface area (Å²) in [7, 11) is 6.29. The second-order valence-electron chi connectivity index (χ2n) is 18.5. The van der Waals surface area contributed by atoms with Gasteiger partial charge in [-0.15, -0.1) is 0 Å². The van der Waals surface area contributed by atoms with E-state index in [1.165, 1.54) is 12.2 Å². The topological polar surface area (TPSA) is 219 Å². The molecule has 0 spiro atoms. The molecule has 3 aliphatic rings. The molecule has 1 unspecified atom stereocenters. The number of hydrogen-bond acceptors (Lipinski definition) is 16. The van der Waals surface area contributed by atoms with Crippen molar-refractivity contribution in [2.75, 3.05) is 71.8 Å². The van der Waals surface area contributed by atoms with Gasteiger partial charge in [-0.05, 0) is 66.4 Å². The molecule has 0 radical (unpaired) electrons. The summed E-state index contributed by atoms with van der Waals surface area (Å²) >= 11 is 0. The maximum atomic E-state index is 14.1. The number of aromatic nitrogens is 5. The van der Waals surface area contributed by atoms with Crippen molar-refractivity contribution in [2.45, 2.75) is 51.4 Å². The van der Waals surface area contributed by atoms with Crippen LogP contribution in [0.1, 0.15) is 40.7 Å². The monoisotopic (exact) mass is 1060 g/mol. The molecular weight excluding hydrogens is 1000 g/mol. The van der Waals surface area contributed by atoms with E-state index in [1.807, 2.05) is 72.8 Å². The molecule has 7 aromatic rings. The van der Waals surface area contributed by atoms with E-state index in [-0.39, 0.29) is 55.6 Å². The molecule has 4 aromatic carbocycles. The fraction of sp³-hybridized carbons (Fsp3) is 0.237. The van der Waals surface area contributed by atoms with E-state index in [2.05, 4.69) is 44.1 Å². The molecule has 0 aliphatic carbocycles. The first kappa shape index (κ1) is 54.1. The summed E-state index contributed by atoms with van der Waals surface area (Å²) in [6.07, 6.45) is 11.7. The number of carbonyl (C=O) groups is 4. The van der Waals surface area contributed by atoms with Crippen LogP contribution in [0.2, 0.25) is 0 Å². The Bertz CT molecular complexity index is 3350. The van der Waals surface area contributed by atoms with Crippen LogP contribution in [0.3, 0.4) is 0 Å². The highest BCUT2D eigenvalue weighted by Gasteiger charge is 2.39. The molecule has 404 valence electrons. The number of fused-ring (bicyclic) bond motifs is 2. The minimum Gasteiger partial charge on any atom is -0.497 e. The predicted molar refractivity (Wildman–Crippen MR) is 302 cm³/mol. The lowest BCUT2D eigenvalue weighted by Gasteiger charge is -2.41. The third kappa shape index (κ3) is 12.6. The zero-order valence-corrected chi connectivity index (χ0v) is 44.3. The van der Waals surface area contributed by atoms with Crippen LogP contribution in [0.15, 0.2) is 147 Å². The van der Waals surface area contributed by atoms with Crippen molar-refractivity contribution in [1.29, 1.82) is 0 Å². The number of anilines is 8. The van der Waals surface area contributed by atoms with Crippen molar-refractivity contribution >= 4 is 69.9 Å². The van der Waals surface area contributed by atoms with E-state index < -0.39 is 0 Å². The summed E-state index contributed by atoms with van der Waals surface area (Å²) in [5, 5.41) is 9.88. The molecule has 4 amide bonds. The average Bonchev–Trinajstić information content (AvgIpc) is 3.55. The Morgan fingerprint density at radius 2 is 1.16 bits per heavy atom. The number of allylic oxidation sites excluding steroid dienone is 2. The van der Waals surface area contributed by atoms with Crippen LogP contribution in [0.4, 0.5) is 55.9 Å². The number of pyridine rings is 1. The number of nitrogens with zero attached hydrogens (tertiary/aromatic N) is 9. The summed E-state index contributed by atoms with van der Waals surface area (Å²) < 4.78 is 21.8. The van der Waals surface area contributed by atoms with Gasteiger partial charge >= 0.3 is 12.1 Å². The summed E-state index contributed by atoms with van der Waals surface area (Å²) in [4.78, 5) is 81.7. The summed E-state index contributed by atoms with van der Waals surface area (Å²) in [6.45, 7) is 9.51. The molecule has 0 bridgehead atoms. The Morgan fingerprint density at radius 1 is 0.658 bits per heavy atom. The van der Waals surface area contributed by atoms with Gasteiger partial charge in [0.25, 0.3) is 0 Å². The number of benzene rings is 4. The number of para-hydroxylation sites is 2. The number of nitrogens with one attached hydrogen (secondary N) is 3. The van der Waals surface area contributed by atoms with E-state index in [0.29, 0.717) is 76.7 Å². The average molecular weight is 1070 g/mol. The second kappa shape index (κ2) is 25.0. The Hall–Kier alpha value is -9.69. The molecule has 20 nitrogen and oxygen atoms in total. The van der Waals surface area contributed by atoms with Crippen LogP contribution < -0.4 is 54.5 Å². The van der Waals surface area contributed by atoms with Gasteiger partial charge in [0.1, 0.15) is 34.6 Å². The van der Waals surface area contributed by atoms with Gasteiger partial charge in [-0.25, -0.2) is 19.6 Å². The molecule has 20 heteroatoms. The van der Waals surface area contributed by atoms with Crippen LogP contribution in [0, 0.1) is 0 Å². The lowest BCUT2D eigenvalue weighted by Crippen LogP contribution is -2.56. The number of methoxy groups -OCH3 is 4. The molecule has 1 fully saturated rings. The first-order chi connectivity index (χ1) is 38.5. The van der Waals surface area contributed by atoms with Crippen LogP contribution in [0.25, 0.3) is 0 Å². The van der Waals surface area contributed by atoms with Gasteiger partial charge < -0.3 is 34.9 Å². The highest BCUT2D eigenvalue weighted by Crippen LogP contribution is 2.39. The van der Waals surface area contributed by atoms with Crippen molar-refractivity contribution < 1.29 is 38.1 Å². The smallest absolute Gasteiger partial charge is 0.330 e. The molecule has 6 heterocycles. The van der Waals surface area contributed by atoms with Gasteiger partial charge in [0.15, 0.2) is 11.6 Å². The molecule has 1 saturated heterocycles. The van der Waals surface area contributed by atoms with Crippen molar-refractivity contribution in [3.8, 4) is 23.0 Å². The van der Waals surface area contributed by atoms with Gasteiger partial charge in [0.05, 0.1) is 65.5 Å². The molecule has 3 aliphatic heterocycles. The SMILES string of the molecule is C=CC(=O)Cc1ccccc1Nc1ncc2c(n1)N(C1CCCNC1)C(=O)N(c1cc(OC)cc(OC)c1)C2.C=CC(=O)Cc1ccccc1Nc1ncc2c(n1)N(Cc1cccnc1)C(=O)N(c1cc(OC)cc(OC)c1)C2. The zero-order chi connectivity index (χ0) is 55.4. The van der Waals surface area contributed by atoms with Crippen molar-refractivity contribution in [3.63, 3.8) is 0 Å². The van der Waals surface area contributed by atoms with E-state index >= 15 is 0 Å². The summed E-state index contributed by atoms with van der Waals surface area (Å²) in [6, 6.07) is 28.9. The van der Waals surface area contributed by atoms with E-state index in [1.54, 1.807) is 97.1 Å². The number of rotatable bonds is 19. The molecule has 1 atom stereocenters. The van der Waals surface area contributed by atoms with Gasteiger partial charge in [-0.2, -0.15) is 9.97 Å². The Labute approximate surface area is 457 Å². The van der Waals surface area contributed by atoms with E-state index in [0.717, 1.165) is 52.9 Å². The minimum atomic E-state index is -0.270. The van der Waals surface area contributed by atoms with Crippen LogP contribution in [-0.2, 0) is 42.1 Å². The maximum Gasteiger partial charge on any atom is 0.330 e. The van der Waals surface area contributed by atoms with E-state index in [4.69, 9.17) is 28.9 Å². The largest absolute Gasteiger partial charge is 0.497 e. The Kier molecular flexibility index (Phi) is 17.1. The van der Waals surface area contributed by atoms with Gasteiger partial charge in [0, 0.05) is 103 Å². The van der Waals surface area contributed by atoms with Crippen molar-refractivity contribution in [2.24, 2.45) is 0 Å². The zero-order valence-electron chi connectivity index (χ0n) is 44.3. The molecule has 3 aromatic heterocycles. The molecule has 0 saturated carbocycles. The number of ether oxygens (including phenoxy) is 4. The molecular formula is C59H60N12O8. The predicted octanol–water partition coefficient (Wildman–Crippen LogP) is 9.31. The first-order valence-electron chi connectivity index (χ1n) is 25.5. The summed E-state index contributed by atoms with van der Waals surface area (Å²) in [5.74, 6) is 3.87. The molecule has 3 N–H and O–H groups in total. The molecule has 10 rings (SSSR count). The lowest BCUT2D eigenvalue weighted by molar-refractivity contribution is -0.114.